The highest BCUT2D eigenvalue weighted by Crippen LogP contribution is 2.44. The van der Waals surface area contributed by atoms with E-state index in [1.54, 1.807) is 11.3 Å². The molecular formula is C16H20ClN3S. The Bertz CT molecular complexity index is 651. The molecule has 2 heterocycles. The molecule has 0 aliphatic carbocycles. The third kappa shape index (κ3) is 2.51. The van der Waals surface area contributed by atoms with Gasteiger partial charge in [-0.1, -0.05) is 31.5 Å². The van der Waals surface area contributed by atoms with Crippen LogP contribution in [-0.4, -0.2) is 16.7 Å². The van der Waals surface area contributed by atoms with E-state index in [0.29, 0.717) is 12.0 Å². The second-order valence-electron chi connectivity index (χ2n) is 5.91. The van der Waals surface area contributed by atoms with Crippen LogP contribution in [0.4, 0.5) is 11.4 Å². The molecule has 1 aromatic carbocycles. The number of alkyl halides is 1. The number of thiazole rings is 1. The standard InChI is InChI=1S/C16H20ClN3S/c1-9(2)12-8-21-15(18-12)11-6-5-7-13-14(11)19-16(17)20(13)10(3)4/h5-10,16,19H,1-4H3. The molecule has 0 amide bonds. The van der Waals surface area contributed by atoms with Crippen molar-refractivity contribution in [1.82, 2.24) is 4.98 Å². The average Bonchev–Trinajstić information content (AvgIpc) is 3.00. The van der Waals surface area contributed by atoms with E-state index in [4.69, 9.17) is 16.6 Å². The monoisotopic (exact) mass is 321 g/mol. The molecule has 0 bridgehead atoms. The minimum absolute atomic E-state index is 0.203. The SMILES string of the molecule is CC(C)c1csc(-c2cccc3c2NC(Cl)N3C(C)C)n1. The van der Waals surface area contributed by atoms with E-state index in [9.17, 15) is 0 Å². The molecule has 1 atom stereocenters. The highest BCUT2D eigenvalue weighted by atomic mass is 35.5. The molecule has 1 aliphatic heterocycles. The number of nitrogens with zero attached hydrogens (tertiary/aromatic N) is 2. The van der Waals surface area contributed by atoms with Crippen LogP contribution in [0.5, 0.6) is 0 Å². The van der Waals surface area contributed by atoms with Crippen molar-refractivity contribution in [3.8, 4) is 10.6 Å². The number of benzene rings is 1. The maximum absolute atomic E-state index is 6.45. The van der Waals surface area contributed by atoms with E-state index in [1.165, 1.54) is 0 Å². The van der Waals surface area contributed by atoms with Gasteiger partial charge >= 0.3 is 0 Å². The normalized spacial score (nSPS) is 17.5. The summed E-state index contributed by atoms with van der Waals surface area (Å²) in [6, 6.07) is 6.66. The Morgan fingerprint density at radius 3 is 2.67 bits per heavy atom. The molecule has 112 valence electrons. The van der Waals surface area contributed by atoms with Crippen LogP contribution in [-0.2, 0) is 0 Å². The first-order chi connectivity index (χ1) is 9.99. The molecule has 0 saturated heterocycles. The van der Waals surface area contributed by atoms with Crippen LogP contribution in [0, 0.1) is 0 Å². The highest BCUT2D eigenvalue weighted by Gasteiger charge is 2.31. The second-order valence-corrected chi connectivity index (χ2v) is 7.18. The summed E-state index contributed by atoms with van der Waals surface area (Å²) in [6.45, 7) is 8.64. The zero-order valence-electron chi connectivity index (χ0n) is 12.7. The molecule has 21 heavy (non-hydrogen) atoms. The van der Waals surface area contributed by atoms with Gasteiger partial charge in [0.05, 0.1) is 17.1 Å². The summed E-state index contributed by atoms with van der Waals surface area (Å²) in [5.41, 5.74) is 4.33. The van der Waals surface area contributed by atoms with Gasteiger partial charge in [0.15, 0.2) is 5.62 Å². The first kappa shape index (κ1) is 14.7. The number of anilines is 2. The van der Waals surface area contributed by atoms with Gasteiger partial charge in [0.25, 0.3) is 0 Å². The molecule has 0 saturated carbocycles. The molecule has 3 rings (SSSR count). The zero-order chi connectivity index (χ0) is 15.1. The van der Waals surface area contributed by atoms with Crippen molar-refractivity contribution in [2.24, 2.45) is 0 Å². The Balaban J connectivity index is 2.06. The fourth-order valence-corrected chi connectivity index (χ4v) is 4.06. The van der Waals surface area contributed by atoms with Gasteiger partial charge in [0.1, 0.15) is 5.01 Å². The molecule has 1 N–H and O–H groups in total. The summed E-state index contributed by atoms with van der Waals surface area (Å²) < 4.78 is 0. The lowest BCUT2D eigenvalue weighted by Crippen LogP contribution is -2.36. The molecule has 5 heteroatoms. The van der Waals surface area contributed by atoms with Gasteiger partial charge in [-0.25, -0.2) is 4.98 Å². The third-order valence-electron chi connectivity index (χ3n) is 3.73. The number of fused-ring (bicyclic) bond motifs is 1. The Morgan fingerprint density at radius 1 is 1.29 bits per heavy atom. The lowest BCUT2D eigenvalue weighted by Gasteiger charge is -2.26. The number of halogens is 1. The maximum Gasteiger partial charge on any atom is 0.178 e. The fraction of sp³-hybridized carbons (Fsp3) is 0.438. The van der Waals surface area contributed by atoms with Crippen molar-refractivity contribution in [3.05, 3.63) is 29.3 Å². The third-order valence-corrected chi connectivity index (χ3v) is 4.94. The largest absolute Gasteiger partial charge is 0.350 e. The van der Waals surface area contributed by atoms with E-state index in [0.717, 1.165) is 27.6 Å². The minimum atomic E-state index is -0.203. The average molecular weight is 322 g/mol. The summed E-state index contributed by atoms with van der Waals surface area (Å²) in [6.07, 6.45) is 0. The zero-order valence-corrected chi connectivity index (χ0v) is 14.3. The van der Waals surface area contributed by atoms with Gasteiger partial charge in [0, 0.05) is 17.0 Å². The summed E-state index contributed by atoms with van der Waals surface area (Å²) in [5, 5.41) is 6.59. The quantitative estimate of drug-likeness (QED) is 0.630. The van der Waals surface area contributed by atoms with Crippen molar-refractivity contribution in [2.45, 2.75) is 45.3 Å². The molecule has 2 aromatic rings. The molecular weight excluding hydrogens is 302 g/mol. The summed E-state index contributed by atoms with van der Waals surface area (Å²) in [7, 11) is 0. The number of hydrogen-bond acceptors (Lipinski definition) is 4. The number of para-hydroxylation sites is 1. The molecule has 1 aliphatic rings. The molecule has 0 fully saturated rings. The first-order valence-electron chi connectivity index (χ1n) is 7.26. The second kappa shape index (κ2) is 5.50. The minimum Gasteiger partial charge on any atom is -0.350 e. The highest BCUT2D eigenvalue weighted by molar-refractivity contribution is 7.13. The van der Waals surface area contributed by atoms with Crippen LogP contribution >= 0.6 is 22.9 Å². The summed E-state index contributed by atoms with van der Waals surface area (Å²) in [4.78, 5) is 6.96. The Labute approximate surface area is 135 Å². The van der Waals surface area contributed by atoms with Crippen molar-refractivity contribution in [1.29, 1.82) is 0 Å². The van der Waals surface area contributed by atoms with E-state index in [1.807, 2.05) is 0 Å². The van der Waals surface area contributed by atoms with Crippen LogP contribution in [0.25, 0.3) is 10.6 Å². The smallest absolute Gasteiger partial charge is 0.178 e. The molecule has 3 nitrogen and oxygen atoms in total. The Kier molecular flexibility index (Phi) is 3.84. The van der Waals surface area contributed by atoms with Crippen LogP contribution < -0.4 is 10.2 Å². The summed E-state index contributed by atoms with van der Waals surface area (Å²) >= 11 is 8.15. The lowest BCUT2D eigenvalue weighted by atomic mass is 10.1. The van der Waals surface area contributed by atoms with Gasteiger partial charge in [-0.2, -0.15) is 0 Å². The van der Waals surface area contributed by atoms with Crippen LogP contribution in [0.15, 0.2) is 23.6 Å². The van der Waals surface area contributed by atoms with Crippen molar-refractivity contribution >= 4 is 34.3 Å². The Morgan fingerprint density at radius 2 is 2.05 bits per heavy atom. The van der Waals surface area contributed by atoms with E-state index >= 15 is 0 Å². The van der Waals surface area contributed by atoms with Gasteiger partial charge in [-0.15, -0.1) is 11.3 Å². The van der Waals surface area contributed by atoms with Crippen molar-refractivity contribution < 1.29 is 0 Å². The van der Waals surface area contributed by atoms with Gasteiger partial charge < -0.3 is 10.2 Å². The topological polar surface area (TPSA) is 28.2 Å². The van der Waals surface area contributed by atoms with Gasteiger partial charge in [-0.05, 0) is 31.9 Å². The van der Waals surface area contributed by atoms with E-state index < -0.39 is 0 Å². The summed E-state index contributed by atoms with van der Waals surface area (Å²) in [5.74, 6) is 0.452. The lowest BCUT2D eigenvalue weighted by molar-refractivity contribution is 0.700. The first-order valence-corrected chi connectivity index (χ1v) is 8.58. The van der Waals surface area contributed by atoms with Crippen molar-refractivity contribution in [3.63, 3.8) is 0 Å². The van der Waals surface area contributed by atoms with Gasteiger partial charge in [0.2, 0.25) is 0 Å². The molecule has 0 spiro atoms. The number of aromatic nitrogens is 1. The molecule has 1 unspecified atom stereocenters. The maximum atomic E-state index is 6.45. The number of rotatable bonds is 3. The molecule has 0 radical (unpaired) electrons. The fourth-order valence-electron chi connectivity index (χ4n) is 2.61. The predicted octanol–water partition coefficient (Wildman–Crippen LogP) is 5.10. The predicted molar refractivity (Wildman–Crippen MR) is 92.5 cm³/mol. The van der Waals surface area contributed by atoms with Gasteiger partial charge in [-0.3, -0.25) is 0 Å². The van der Waals surface area contributed by atoms with E-state index in [-0.39, 0.29) is 5.62 Å². The van der Waals surface area contributed by atoms with E-state index in [2.05, 4.69) is 61.5 Å². The van der Waals surface area contributed by atoms with Crippen molar-refractivity contribution in [2.75, 3.05) is 10.2 Å². The number of nitrogens with one attached hydrogen (secondary N) is 1. The van der Waals surface area contributed by atoms with Crippen LogP contribution in [0.3, 0.4) is 0 Å². The number of hydrogen-bond donors (Lipinski definition) is 1. The van der Waals surface area contributed by atoms with Crippen LogP contribution in [0.2, 0.25) is 0 Å². The Hall–Kier alpha value is -1.26. The van der Waals surface area contributed by atoms with Crippen LogP contribution in [0.1, 0.15) is 39.3 Å². The molecule has 1 aromatic heterocycles.